The third kappa shape index (κ3) is 4.38. The number of amides is 1. The minimum Gasteiger partial charge on any atom is -0.458 e. The zero-order chi connectivity index (χ0) is 15.5. The summed E-state index contributed by atoms with van der Waals surface area (Å²) in [6, 6.07) is 1.33. The molecule has 0 bridgehead atoms. The quantitative estimate of drug-likeness (QED) is 0.511. The first-order valence-electron chi connectivity index (χ1n) is 5.88. The van der Waals surface area contributed by atoms with Gasteiger partial charge in [0.05, 0.1) is 6.07 Å². The number of hydrogen-bond donors (Lipinski definition) is 1. The molecule has 0 radical (unpaired) electrons. The number of ether oxygens (including phenoxy) is 1. The van der Waals surface area contributed by atoms with Gasteiger partial charge in [-0.1, -0.05) is 0 Å². The number of nitro groups is 1. The predicted molar refractivity (Wildman–Crippen MR) is 68.1 cm³/mol. The van der Waals surface area contributed by atoms with Gasteiger partial charge in [0, 0.05) is 0 Å². The lowest BCUT2D eigenvalue weighted by atomic mass is 10.2. The van der Waals surface area contributed by atoms with Gasteiger partial charge in [-0.15, -0.1) is 0 Å². The van der Waals surface area contributed by atoms with Gasteiger partial charge in [0.1, 0.15) is 16.6 Å². The minimum atomic E-state index is -0.897. The second kappa shape index (κ2) is 5.72. The second-order valence-electron chi connectivity index (χ2n) is 5.12. The van der Waals surface area contributed by atoms with Crippen molar-refractivity contribution in [2.24, 2.45) is 0 Å². The number of esters is 1. The SMILES string of the molecule is C[C@H](NC(=O)c1ccc([N+](=O)[O-])o1)C(=O)OC(C)(C)C. The number of carbonyl (C=O) groups is 2. The van der Waals surface area contributed by atoms with Crippen LogP contribution in [0.2, 0.25) is 0 Å². The summed E-state index contributed by atoms with van der Waals surface area (Å²) in [5.41, 5.74) is -0.667. The van der Waals surface area contributed by atoms with Crippen LogP contribution in [0.5, 0.6) is 0 Å². The number of rotatable bonds is 4. The highest BCUT2D eigenvalue weighted by Crippen LogP contribution is 2.15. The molecule has 0 fully saturated rings. The van der Waals surface area contributed by atoms with Crippen LogP contribution in [0.3, 0.4) is 0 Å². The van der Waals surface area contributed by atoms with Gasteiger partial charge in [0.2, 0.25) is 0 Å². The largest absolute Gasteiger partial charge is 0.458 e. The van der Waals surface area contributed by atoms with Crippen LogP contribution >= 0.6 is 0 Å². The van der Waals surface area contributed by atoms with E-state index in [1.54, 1.807) is 20.8 Å². The lowest BCUT2D eigenvalue weighted by molar-refractivity contribution is -0.402. The maximum atomic E-state index is 11.7. The first-order chi connectivity index (χ1) is 9.10. The van der Waals surface area contributed by atoms with Crippen molar-refractivity contribution < 1.29 is 23.7 Å². The van der Waals surface area contributed by atoms with Crippen molar-refractivity contribution in [3.8, 4) is 0 Å². The lowest BCUT2D eigenvalue weighted by Gasteiger charge is -2.22. The summed E-state index contributed by atoms with van der Waals surface area (Å²) < 4.78 is 9.81. The molecular formula is C12H16N2O6. The number of hydrogen-bond acceptors (Lipinski definition) is 6. The van der Waals surface area contributed by atoms with Crippen LogP contribution in [0.25, 0.3) is 0 Å². The molecule has 0 saturated heterocycles. The zero-order valence-electron chi connectivity index (χ0n) is 11.6. The highest BCUT2D eigenvalue weighted by molar-refractivity contribution is 5.94. The molecule has 1 aromatic heterocycles. The Balaban J connectivity index is 2.65. The third-order valence-electron chi connectivity index (χ3n) is 2.10. The number of nitrogens with one attached hydrogen (secondary N) is 1. The van der Waals surface area contributed by atoms with Gasteiger partial charge < -0.3 is 14.5 Å². The van der Waals surface area contributed by atoms with Crippen molar-refractivity contribution in [2.75, 3.05) is 0 Å². The van der Waals surface area contributed by atoms with E-state index < -0.39 is 34.3 Å². The monoisotopic (exact) mass is 284 g/mol. The van der Waals surface area contributed by atoms with E-state index in [2.05, 4.69) is 5.32 Å². The smallest absolute Gasteiger partial charge is 0.433 e. The molecule has 20 heavy (non-hydrogen) atoms. The number of carbonyl (C=O) groups excluding carboxylic acids is 2. The Labute approximate surface area is 115 Å². The summed E-state index contributed by atoms with van der Waals surface area (Å²) >= 11 is 0. The molecule has 1 N–H and O–H groups in total. The predicted octanol–water partition coefficient (Wildman–Crippen LogP) is 1.65. The fourth-order valence-corrected chi connectivity index (χ4v) is 1.26. The van der Waals surface area contributed by atoms with E-state index >= 15 is 0 Å². The van der Waals surface area contributed by atoms with Crippen molar-refractivity contribution in [3.05, 3.63) is 28.0 Å². The molecule has 1 amide bonds. The molecule has 1 atom stereocenters. The van der Waals surface area contributed by atoms with Gasteiger partial charge in [0.25, 0.3) is 5.91 Å². The Kier molecular flexibility index (Phi) is 4.49. The fourth-order valence-electron chi connectivity index (χ4n) is 1.26. The average molecular weight is 284 g/mol. The standard InChI is InChI=1S/C12H16N2O6/c1-7(11(16)20-12(2,3)4)13-10(15)8-5-6-9(19-8)14(17)18/h5-7H,1-4H3,(H,13,15)/t7-/m0/s1. The van der Waals surface area contributed by atoms with Crippen LogP contribution in [0.4, 0.5) is 5.88 Å². The van der Waals surface area contributed by atoms with E-state index in [1.165, 1.54) is 6.92 Å². The molecule has 0 unspecified atom stereocenters. The molecule has 0 aliphatic heterocycles. The van der Waals surface area contributed by atoms with Gasteiger partial charge in [-0.3, -0.25) is 14.9 Å². The Bertz CT molecular complexity index is 528. The molecular weight excluding hydrogens is 268 g/mol. The van der Waals surface area contributed by atoms with Crippen LogP contribution in [0.1, 0.15) is 38.2 Å². The second-order valence-corrected chi connectivity index (χ2v) is 5.12. The Morgan fingerprint density at radius 2 is 2.00 bits per heavy atom. The molecule has 0 aliphatic rings. The number of furan rings is 1. The lowest BCUT2D eigenvalue weighted by Crippen LogP contribution is -2.42. The van der Waals surface area contributed by atoms with Crippen molar-refractivity contribution in [1.82, 2.24) is 5.32 Å². The topological polar surface area (TPSA) is 112 Å². The van der Waals surface area contributed by atoms with E-state index in [0.29, 0.717) is 0 Å². The summed E-state index contributed by atoms with van der Waals surface area (Å²) in [4.78, 5) is 33.1. The molecule has 8 heteroatoms. The third-order valence-corrected chi connectivity index (χ3v) is 2.10. The molecule has 1 aromatic rings. The summed E-state index contributed by atoms with van der Waals surface area (Å²) in [6.45, 7) is 6.56. The molecule has 8 nitrogen and oxygen atoms in total. The number of nitrogens with zero attached hydrogens (tertiary/aromatic N) is 1. The molecule has 110 valence electrons. The van der Waals surface area contributed by atoms with Crippen LogP contribution < -0.4 is 5.32 Å². The highest BCUT2D eigenvalue weighted by Gasteiger charge is 2.25. The molecule has 1 rings (SSSR count). The van der Waals surface area contributed by atoms with E-state index in [-0.39, 0.29) is 5.76 Å². The van der Waals surface area contributed by atoms with Crippen molar-refractivity contribution >= 4 is 17.8 Å². The van der Waals surface area contributed by atoms with Crippen molar-refractivity contribution in [1.29, 1.82) is 0 Å². The van der Waals surface area contributed by atoms with E-state index in [0.717, 1.165) is 12.1 Å². The Hall–Kier alpha value is -2.38. The maximum Gasteiger partial charge on any atom is 0.433 e. The maximum absolute atomic E-state index is 11.7. The summed E-state index contributed by atoms with van der Waals surface area (Å²) in [7, 11) is 0. The van der Waals surface area contributed by atoms with Gasteiger partial charge in [-0.2, -0.15) is 0 Å². The first kappa shape index (κ1) is 15.7. The van der Waals surface area contributed by atoms with E-state index in [4.69, 9.17) is 9.15 Å². The molecule has 0 saturated carbocycles. The van der Waals surface area contributed by atoms with E-state index in [1.807, 2.05) is 0 Å². The molecule has 1 heterocycles. The average Bonchev–Trinajstić information content (AvgIpc) is 2.75. The van der Waals surface area contributed by atoms with Crippen LogP contribution in [0, 0.1) is 10.1 Å². The van der Waals surface area contributed by atoms with Crippen molar-refractivity contribution in [3.63, 3.8) is 0 Å². The van der Waals surface area contributed by atoms with Crippen LogP contribution in [0.15, 0.2) is 16.5 Å². The normalized spacial score (nSPS) is 12.6. The van der Waals surface area contributed by atoms with Gasteiger partial charge in [-0.05, 0) is 33.8 Å². The molecule has 0 aliphatic carbocycles. The van der Waals surface area contributed by atoms with Crippen LogP contribution in [-0.2, 0) is 9.53 Å². The highest BCUT2D eigenvalue weighted by atomic mass is 16.6. The molecule has 0 aromatic carbocycles. The van der Waals surface area contributed by atoms with Gasteiger partial charge >= 0.3 is 11.9 Å². The summed E-state index contributed by atoms with van der Waals surface area (Å²) in [6.07, 6.45) is 0. The molecule has 0 spiro atoms. The first-order valence-corrected chi connectivity index (χ1v) is 5.88. The Morgan fingerprint density at radius 1 is 1.40 bits per heavy atom. The summed E-state index contributed by atoms with van der Waals surface area (Å²) in [5, 5.41) is 12.8. The minimum absolute atomic E-state index is 0.243. The Morgan fingerprint density at radius 3 is 2.45 bits per heavy atom. The zero-order valence-corrected chi connectivity index (χ0v) is 11.6. The van der Waals surface area contributed by atoms with E-state index in [9.17, 15) is 19.7 Å². The van der Waals surface area contributed by atoms with Gasteiger partial charge in [-0.25, -0.2) is 4.79 Å². The fraction of sp³-hybridized carbons (Fsp3) is 0.500. The van der Waals surface area contributed by atoms with Gasteiger partial charge in [0.15, 0.2) is 5.76 Å². The summed E-state index contributed by atoms with van der Waals surface area (Å²) in [5.74, 6) is -2.12. The van der Waals surface area contributed by atoms with Crippen LogP contribution in [-0.4, -0.2) is 28.4 Å². The van der Waals surface area contributed by atoms with Crippen molar-refractivity contribution in [2.45, 2.75) is 39.3 Å².